The Balaban J connectivity index is 1.48. The number of cyclic esters (lactones) is 1. The highest BCUT2D eigenvalue weighted by atomic mass is 79.9. The van der Waals surface area contributed by atoms with Crippen molar-refractivity contribution < 1.29 is 28.9 Å². The molecule has 0 amide bonds. The van der Waals surface area contributed by atoms with E-state index in [1.165, 1.54) is 0 Å². The molecule has 0 bridgehead atoms. The summed E-state index contributed by atoms with van der Waals surface area (Å²) >= 11 is 3.32. The Morgan fingerprint density at radius 3 is 2.68 bits per heavy atom. The third kappa shape index (κ3) is 3.79. The number of aliphatic carboxylic acids is 1. The van der Waals surface area contributed by atoms with Crippen LogP contribution < -0.4 is 10.3 Å². The Morgan fingerprint density at radius 2 is 1.95 bits per heavy atom. The molecule has 1 unspecified atom stereocenters. The molecule has 2 aromatic heterocycles. The van der Waals surface area contributed by atoms with E-state index in [2.05, 4.69) is 15.9 Å². The number of fused-ring (bicyclic) bond motifs is 5. The molecule has 192 valence electrons. The standard InChI is InChI=1S/C28H21BrN2O7/c1-2-28(38-26(25(33)34)37-18-9-7-17(29)8-10-18)20-12-22-23-16(11-15-5-3-4-6-21(15)30-23)13-31(22)24(32)19(20)14-36-27(28)35/h3-12,26H,2,13-14H2,1H3,(H,33,34)/t26?,28-/m0/s1. The number of carboxylic acid groups (broad SMARTS) is 1. The lowest BCUT2D eigenvalue weighted by Gasteiger charge is -2.37. The van der Waals surface area contributed by atoms with Gasteiger partial charge in [-0.15, -0.1) is 0 Å². The van der Waals surface area contributed by atoms with Crippen molar-refractivity contribution in [1.29, 1.82) is 0 Å². The summed E-state index contributed by atoms with van der Waals surface area (Å²) in [6.07, 6.45) is -1.84. The van der Waals surface area contributed by atoms with Crippen molar-refractivity contribution in [2.45, 2.75) is 38.4 Å². The highest BCUT2D eigenvalue weighted by Gasteiger charge is 2.51. The van der Waals surface area contributed by atoms with Crippen LogP contribution in [0.15, 0.2) is 69.9 Å². The fraction of sp³-hybridized carbons (Fsp3) is 0.214. The third-order valence-electron chi connectivity index (χ3n) is 6.95. The quantitative estimate of drug-likeness (QED) is 0.234. The first-order valence-corrected chi connectivity index (χ1v) is 12.8. The van der Waals surface area contributed by atoms with E-state index in [0.29, 0.717) is 17.9 Å². The number of pyridine rings is 2. The van der Waals surface area contributed by atoms with Crippen molar-refractivity contribution in [1.82, 2.24) is 9.55 Å². The Labute approximate surface area is 224 Å². The predicted molar refractivity (Wildman–Crippen MR) is 140 cm³/mol. The van der Waals surface area contributed by atoms with E-state index < -0.39 is 23.8 Å². The van der Waals surface area contributed by atoms with Gasteiger partial charge < -0.3 is 23.9 Å². The molecule has 4 heterocycles. The molecule has 2 aliphatic heterocycles. The van der Waals surface area contributed by atoms with Crippen LogP contribution in [0, 0.1) is 0 Å². The van der Waals surface area contributed by atoms with E-state index in [1.54, 1.807) is 41.8 Å². The number of para-hydroxylation sites is 1. The van der Waals surface area contributed by atoms with Gasteiger partial charge in [0.15, 0.2) is 5.60 Å². The Morgan fingerprint density at radius 1 is 1.18 bits per heavy atom. The number of carbonyl (C=O) groups is 2. The van der Waals surface area contributed by atoms with Crippen LogP contribution in [0.25, 0.3) is 22.3 Å². The number of ether oxygens (including phenoxy) is 3. The maximum absolute atomic E-state index is 13.7. The lowest BCUT2D eigenvalue weighted by Crippen LogP contribution is -2.50. The summed E-state index contributed by atoms with van der Waals surface area (Å²) in [5.74, 6) is -1.99. The van der Waals surface area contributed by atoms with Crippen LogP contribution in [0.5, 0.6) is 5.75 Å². The maximum atomic E-state index is 13.7. The van der Waals surface area contributed by atoms with Gasteiger partial charge in [-0.05, 0) is 48.9 Å². The van der Waals surface area contributed by atoms with E-state index in [9.17, 15) is 19.5 Å². The van der Waals surface area contributed by atoms with Crippen molar-refractivity contribution in [2.24, 2.45) is 0 Å². The average molecular weight is 577 g/mol. The molecule has 1 N–H and O–H groups in total. The highest BCUT2D eigenvalue weighted by molar-refractivity contribution is 9.10. The molecule has 6 rings (SSSR count). The monoisotopic (exact) mass is 576 g/mol. The zero-order valence-electron chi connectivity index (χ0n) is 20.1. The molecule has 4 aromatic rings. The van der Waals surface area contributed by atoms with Gasteiger partial charge >= 0.3 is 18.2 Å². The second-order valence-corrected chi connectivity index (χ2v) is 10.0. The zero-order valence-corrected chi connectivity index (χ0v) is 21.7. The summed E-state index contributed by atoms with van der Waals surface area (Å²) in [5, 5.41) is 10.9. The van der Waals surface area contributed by atoms with Crippen LogP contribution in [0.1, 0.15) is 30.0 Å². The molecule has 0 spiro atoms. The number of rotatable bonds is 6. The Kier molecular flexibility index (Phi) is 5.81. The van der Waals surface area contributed by atoms with Gasteiger partial charge in [-0.3, -0.25) is 4.79 Å². The highest BCUT2D eigenvalue weighted by Crippen LogP contribution is 2.41. The fourth-order valence-corrected chi connectivity index (χ4v) is 5.32. The van der Waals surface area contributed by atoms with Crippen LogP contribution in [0.3, 0.4) is 0 Å². The average Bonchev–Trinajstić information content (AvgIpc) is 3.27. The van der Waals surface area contributed by atoms with Crippen molar-refractivity contribution >= 4 is 38.8 Å². The number of benzene rings is 2. The molecular formula is C28H21BrN2O7. The normalized spacial score (nSPS) is 18.3. The SMILES string of the molecule is CC[C@@]1(OC(Oc2ccc(Br)cc2)C(=O)O)C(=O)OCc2c1cc1n(c2=O)Cc2cc3ccccc3nc2-1. The number of carbonyl (C=O) groups excluding carboxylic acids is 1. The second-order valence-electron chi connectivity index (χ2n) is 9.12. The van der Waals surface area contributed by atoms with Gasteiger partial charge in [-0.2, -0.15) is 0 Å². The van der Waals surface area contributed by atoms with E-state index in [0.717, 1.165) is 20.9 Å². The molecule has 38 heavy (non-hydrogen) atoms. The summed E-state index contributed by atoms with van der Waals surface area (Å²) in [7, 11) is 0. The number of hydrogen-bond donors (Lipinski definition) is 1. The Bertz CT molecular complexity index is 1680. The lowest BCUT2D eigenvalue weighted by atomic mass is 9.85. The van der Waals surface area contributed by atoms with E-state index in [1.807, 2.05) is 30.3 Å². The van der Waals surface area contributed by atoms with Gasteiger partial charge in [0.1, 0.15) is 12.4 Å². The fourth-order valence-electron chi connectivity index (χ4n) is 5.05. The van der Waals surface area contributed by atoms with E-state index in [-0.39, 0.29) is 35.5 Å². The zero-order chi connectivity index (χ0) is 26.6. The number of carboxylic acids is 1. The summed E-state index contributed by atoms with van der Waals surface area (Å²) < 4.78 is 19.3. The van der Waals surface area contributed by atoms with E-state index in [4.69, 9.17) is 19.2 Å². The summed E-state index contributed by atoms with van der Waals surface area (Å²) in [6.45, 7) is 1.75. The first-order chi connectivity index (χ1) is 18.3. The molecule has 10 heteroatoms. The molecule has 0 aliphatic carbocycles. The van der Waals surface area contributed by atoms with Crippen LogP contribution in [0.2, 0.25) is 0 Å². The molecule has 2 aliphatic rings. The van der Waals surface area contributed by atoms with Crippen molar-refractivity contribution in [3.05, 3.63) is 92.2 Å². The third-order valence-corrected chi connectivity index (χ3v) is 7.48. The van der Waals surface area contributed by atoms with Gasteiger partial charge in [0, 0.05) is 21.0 Å². The minimum absolute atomic E-state index is 0.00715. The summed E-state index contributed by atoms with van der Waals surface area (Å²) in [6, 6.07) is 17.9. The molecule has 0 fully saturated rings. The smallest absolute Gasteiger partial charge is 0.373 e. The van der Waals surface area contributed by atoms with Crippen LogP contribution in [-0.2, 0) is 37.8 Å². The molecule has 0 saturated heterocycles. The largest absolute Gasteiger partial charge is 0.477 e. The summed E-state index contributed by atoms with van der Waals surface area (Å²) in [4.78, 5) is 43.9. The van der Waals surface area contributed by atoms with Gasteiger partial charge in [-0.1, -0.05) is 41.1 Å². The summed E-state index contributed by atoms with van der Waals surface area (Å²) in [5.41, 5.74) is 1.10. The molecule has 0 saturated carbocycles. The molecule has 2 atom stereocenters. The number of hydrogen-bond acceptors (Lipinski definition) is 7. The van der Waals surface area contributed by atoms with Gasteiger partial charge in [0.05, 0.1) is 29.0 Å². The predicted octanol–water partition coefficient (Wildman–Crippen LogP) is 4.36. The lowest BCUT2D eigenvalue weighted by molar-refractivity contribution is -0.220. The Hall–Kier alpha value is -4.02. The van der Waals surface area contributed by atoms with Crippen molar-refractivity contribution in [3.8, 4) is 17.1 Å². The number of nitrogens with zero attached hydrogens (tertiary/aromatic N) is 2. The maximum Gasteiger partial charge on any atom is 0.373 e. The minimum Gasteiger partial charge on any atom is -0.477 e. The van der Waals surface area contributed by atoms with Crippen LogP contribution in [-0.4, -0.2) is 32.9 Å². The minimum atomic E-state index is -1.87. The number of aromatic nitrogens is 2. The number of halogens is 1. The van der Waals surface area contributed by atoms with Crippen LogP contribution >= 0.6 is 15.9 Å². The van der Waals surface area contributed by atoms with Crippen LogP contribution in [0.4, 0.5) is 0 Å². The van der Waals surface area contributed by atoms with Crippen molar-refractivity contribution in [2.75, 3.05) is 0 Å². The second kappa shape index (κ2) is 9.07. The molecule has 0 radical (unpaired) electrons. The van der Waals surface area contributed by atoms with Gasteiger partial charge in [0.2, 0.25) is 0 Å². The molecular weight excluding hydrogens is 556 g/mol. The van der Waals surface area contributed by atoms with Gasteiger partial charge in [0.25, 0.3) is 5.56 Å². The first kappa shape index (κ1) is 24.3. The topological polar surface area (TPSA) is 117 Å². The number of esters is 1. The van der Waals surface area contributed by atoms with Gasteiger partial charge in [-0.25, -0.2) is 14.6 Å². The van der Waals surface area contributed by atoms with Crippen molar-refractivity contribution in [3.63, 3.8) is 0 Å². The molecule has 2 aromatic carbocycles. The molecule has 9 nitrogen and oxygen atoms in total. The van der Waals surface area contributed by atoms with E-state index >= 15 is 0 Å². The first-order valence-electron chi connectivity index (χ1n) is 12.0.